The maximum atomic E-state index is 6.40. The Morgan fingerprint density at radius 1 is 1.00 bits per heavy atom. The summed E-state index contributed by atoms with van der Waals surface area (Å²) in [6, 6.07) is 15.6. The van der Waals surface area contributed by atoms with Crippen LogP contribution in [0, 0.1) is 0 Å². The number of aromatic nitrogens is 1. The van der Waals surface area contributed by atoms with Crippen LogP contribution in [0.25, 0.3) is 22.2 Å². The van der Waals surface area contributed by atoms with Crippen molar-refractivity contribution >= 4 is 39.8 Å². The summed E-state index contributed by atoms with van der Waals surface area (Å²) in [5.74, 6) is 0. The van der Waals surface area contributed by atoms with E-state index in [1.54, 1.807) is 6.07 Å². The van der Waals surface area contributed by atoms with Gasteiger partial charge >= 0.3 is 0 Å². The maximum Gasteiger partial charge on any atom is 0.0745 e. The molecule has 3 aromatic rings. The minimum Gasteiger partial charge on any atom is -0.412 e. The van der Waals surface area contributed by atoms with Crippen molar-refractivity contribution in [2.45, 2.75) is 0 Å². The Balaban J connectivity index is 0.00000150. The lowest BCUT2D eigenvalue weighted by atomic mass is 10.1. The van der Waals surface area contributed by atoms with Crippen molar-refractivity contribution in [2.24, 2.45) is 0 Å². The zero-order chi connectivity index (χ0) is 18.6. The molecule has 0 radical (unpaired) electrons. The zero-order valence-corrected chi connectivity index (χ0v) is 17.4. The van der Waals surface area contributed by atoms with Gasteiger partial charge in [0.05, 0.1) is 29.4 Å². The molecule has 1 saturated heterocycles. The van der Waals surface area contributed by atoms with Crippen LogP contribution in [0.4, 0.5) is 5.69 Å². The van der Waals surface area contributed by atoms with Gasteiger partial charge in [-0.2, -0.15) is 0 Å². The van der Waals surface area contributed by atoms with E-state index in [2.05, 4.69) is 22.3 Å². The third kappa shape index (κ3) is 5.57. The van der Waals surface area contributed by atoms with Crippen LogP contribution in [0.15, 0.2) is 48.5 Å². The fourth-order valence-electron chi connectivity index (χ4n) is 3.33. The van der Waals surface area contributed by atoms with Gasteiger partial charge in [-0.1, -0.05) is 41.4 Å². The lowest BCUT2D eigenvalue weighted by Gasteiger charge is -2.26. The molecule has 0 spiro atoms. The number of anilines is 1. The van der Waals surface area contributed by atoms with E-state index < -0.39 is 0 Å². The molecule has 156 valence electrons. The highest BCUT2D eigenvalue weighted by atomic mass is 35.5. The molecule has 1 aliphatic heterocycles. The summed E-state index contributed by atoms with van der Waals surface area (Å²) in [6.07, 6.45) is 0. The summed E-state index contributed by atoms with van der Waals surface area (Å²) in [4.78, 5) is 7.21. The smallest absolute Gasteiger partial charge is 0.0745 e. The number of benzene rings is 2. The second-order valence-electron chi connectivity index (χ2n) is 6.58. The molecule has 29 heavy (non-hydrogen) atoms. The van der Waals surface area contributed by atoms with Crippen molar-refractivity contribution in [1.29, 1.82) is 0 Å². The number of para-hydroxylation sites is 1. The molecule has 6 nitrogen and oxygen atoms in total. The molecule has 1 fully saturated rings. The monoisotopic (exact) mass is 437 g/mol. The predicted molar refractivity (Wildman–Crippen MR) is 120 cm³/mol. The van der Waals surface area contributed by atoms with Gasteiger partial charge in [0.1, 0.15) is 0 Å². The molecule has 1 aliphatic rings. The van der Waals surface area contributed by atoms with Crippen LogP contribution in [0.1, 0.15) is 0 Å². The van der Waals surface area contributed by atoms with Crippen molar-refractivity contribution in [3.63, 3.8) is 0 Å². The molecule has 2 heterocycles. The van der Waals surface area contributed by atoms with E-state index in [4.69, 9.17) is 32.9 Å². The number of nitrogens with one attached hydrogen (secondary N) is 1. The van der Waals surface area contributed by atoms with E-state index in [9.17, 15) is 0 Å². The highest BCUT2D eigenvalue weighted by Gasteiger charge is 2.12. The van der Waals surface area contributed by atoms with Crippen LogP contribution in [-0.4, -0.2) is 60.2 Å². The molecule has 0 bridgehead atoms. The first kappa shape index (κ1) is 23.3. The normalized spacial score (nSPS) is 14.1. The van der Waals surface area contributed by atoms with Gasteiger partial charge in [-0.05, 0) is 30.3 Å². The first-order valence-electron chi connectivity index (χ1n) is 9.10. The summed E-state index contributed by atoms with van der Waals surface area (Å²) < 4.78 is 5.41. The van der Waals surface area contributed by atoms with Crippen LogP contribution in [0.5, 0.6) is 0 Å². The molecular weight excluding hydrogens is 413 g/mol. The van der Waals surface area contributed by atoms with Gasteiger partial charge in [0.25, 0.3) is 0 Å². The van der Waals surface area contributed by atoms with E-state index >= 15 is 0 Å². The number of halogens is 2. The number of pyridine rings is 1. The molecule has 0 amide bonds. The van der Waals surface area contributed by atoms with Crippen LogP contribution in [0.2, 0.25) is 10.0 Å². The minimum atomic E-state index is 0. The first-order chi connectivity index (χ1) is 13.2. The molecule has 1 aromatic heterocycles. The van der Waals surface area contributed by atoms with Crippen LogP contribution in [-0.2, 0) is 4.74 Å². The van der Waals surface area contributed by atoms with Crippen LogP contribution in [0.3, 0.4) is 0 Å². The Hall–Kier alpha value is -1.93. The Kier molecular flexibility index (Phi) is 8.64. The summed E-state index contributed by atoms with van der Waals surface area (Å²) in [6.45, 7) is 5.44. The van der Waals surface area contributed by atoms with Crippen LogP contribution >= 0.6 is 23.2 Å². The van der Waals surface area contributed by atoms with Gasteiger partial charge in [0.15, 0.2) is 0 Å². The fourth-order valence-corrected chi connectivity index (χ4v) is 3.71. The van der Waals surface area contributed by atoms with Gasteiger partial charge in [-0.25, -0.2) is 4.98 Å². The largest absolute Gasteiger partial charge is 0.412 e. The van der Waals surface area contributed by atoms with E-state index in [0.717, 1.165) is 67.2 Å². The highest BCUT2D eigenvalue weighted by molar-refractivity contribution is 6.35. The number of hydrogen-bond donors (Lipinski definition) is 1. The third-order valence-electron chi connectivity index (χ3n) is 4.77. The molecule has 4 rings (SSSR count). The van der Waals surface area contributed by atoms with Gasteiger partial charge in [0.2, 0.25) is 0 Å². The Morgan fingerprint density at radius 3 is 2.55 bits per heavy atom. The Labute approximate surface area is 180 Å². The van der Waals surface area contributed by atoms with Crippen molar-refractivity contribution in [3.05, 3.63) is 58.6 Å². The van der Waals surface area contributed by atoms with E-state index in [0.29, 0.717) is 10.0 Å². The molecule has 0 saturated carbocycles. The number of fused-ring (bicyclic) bond motifs is 1. The van der Waals surface area contributed by atoms with Crippen LogP contribution < -0.4 is 5.32 Å². The van der Waals surface area contributed by atoms with E-state index in [1.807, 2.05) is 30.3 Å². The zero-order valence-electron chi connectivity index (χ0n) is 15.9. The predicted octanol–water partition coefficient (Wildman–Crippen LogP) is 3.30. The van der Waals surface area contributed by atoms with E-state index in [-0.39, 0.29) is 11.0 Å². The lowest BCUT2D eigenvalue weighted by Crippen LogP contribution is -2.39. The average Bonchev–Trinajstić information content (AvgIpc) is 2.70. The van der Waals surface area contributed by atoms with Crippen molar-refractivity contribution < 1.29 is 15.7 Å². The lowest BCUT2D eigenvalue weighted by molar-refractivity contribution is 0.0398. The molecule has 0 atom stereocenters. The molecule has 5 N–H and O–H groups in total. The number of hydrogen-bond acceptors (Lipinski definition) is 4. The van der Waals surface area contributed by atoms with E-state index in [1.165, 1.54) is 0 Å². The summed E-state index contributed by atoms with van der Waals surface area (Å²) >= 11 is 12.6. The summed E-state index contributed by atoms with van der Waals surface area (Å²) in [5, 5.41) is 5.96. The van der Waals surface area contributed by atoms with Gasteiger partial charge < -0.3 is 21.0 Å². The molecule has 8 heteroatoms. The molecule has 0 aliphatic carbocycles. The number of morpholine rings is 1. The van der Waals surface area contributed by atoms with Gasteiger partial charge in [0, 0.05) is 47.8 Å². The molecular formula is C21H25Cl2N3O3. The number of rotatable bonds is 5. The molecule has 2 aromatic carbocycles. The third-order valence-corrected chi connectivity index (χ3v) is 5.33. The van der Waals surface area contributed by atoms with Gasteiger partial charge in [-0.15, -0.1) is 0 Å². The molecule has 0 unspecified atom stereocenters. The fraction of sp³-hybridized carbons (Fsp3) is 0.286. The number of nitrogens with zero attached hydrogens (tertiary/aromatic N) is 2. The standard InChI is InChI=1S/C21H21Cl2N3O.2H2O/c22-15-5-6-18(23)17(13-15)21-14-20(16-3-1-2-4-19(16)25-21)24-7-8-26-9-11-27-12-10-26;;/h1-6,13-14H,7-12H2,(H,24,25);2*1H2. The van der Waals surface area contributed by atoms with Crippen molar-refractivity contribution in [3.8, 4) is 11.3 Å². The van der Waals surface area contributed by atoms with Crippen molar-refractivity contribution in [2.75, 3.05) is 44.7 Å². The second-order valence-corrected chi connectivity index (χ2v) is 7.42. The maximum absolute atomic E-state index is 6.40. The minimum absolute atomic E-state index is 0. The summed E-state index contributed by atoms with van der Waals surface area (Å²) in [7, 11) is 0. The quantitative estimate of drug-likeness (QED) is 0.661. The number of ether oxygens (including phenoxy) is 1. The first-order valence-corrected chi connectivity index (χ1v) is 9.85. The van der Waals surface area contributed by atoms with Crippen molar-refractivity contribution in [1.82, 2.24) is 9.88 Å². The topological polar surface area (TPSA) is 100 Å². The summed E-state index contributed by atoms with van der Waals surface area (Å²) in [5.41, 5.74) is 3.64. The Morgan fingerprint density at radius 2 is 1.76 bits per heavy atom. The highest BCUT2D eigenvalue weighted by Crippen LogP contribution is 2.33. The SMILES string of the molecule is Clc1ccc(Cl)c(-c2cc(NCCN3CCOCC3)c3ccccc3n2)c1.O.O. The van der Waals surface area contributed by atoms with Gasteiger partial charge in [-0.3, -0.25) is 4.90 Å². The second kappa shape index (κ2) is 10.7. The Bertz CT molecular complexity index is 950. The average molecular weight is 438 g/mol.